The van der Waals surface area contributed by atoms with Crippen LogP contribution in [-0.4, -0.2) is 52.4 Å². The van der Waals surface area contributed by atoms with E-state index in [1.165, 1.54) is 14.2 Å². The second-order valence-electron chi connectivity index (χ2n) is 7.78. The molecule has 1 aliphatic carbocycles. The zero-order chi connectivity index (χ0) is 23.2. The van der Waals surface area contributed by atoms with Gasteiger partial charge in [-0.2, -0.15) is 0 Å². The standard InChI is InChI=1S/C22H22Cl3NO6/c1-30-17-9-12-5-14-19-11(8-18(31-2)20(14)28)3-4-26(21(29)32-10-22(23,24)25)15(19)6-13(12)7-16(17)27/h7-9,15,27-28H,3-6,10H2,1-2H3. The molecule has 7 nitrogen and oxygen atoms in total. The predicted octanol–water partition coefficient (Wildman–Crippen LogP) is 4.67. The normalized spacial score (nSPS) is 17.2. The maximum absolute atomic E-state index is 12.9. The lowest BCUT2D eigenvalue weighted by atomic mass is 9.86. The van der Waals surface area contributed by atoms with Crippen LogP contribution in [-0.2, 0) is 24.0 Å². The molecule has 0 saturated carbocycles. The molecule has 32 heavy (non-hydrogen) atoms. The highest BCUT2D eigenvalue weighted by atomic mass is 35.6. The van der Waals surface area contributed by atoms with Crippen LogP contribution in [0.25, 0.3) is 0 Å². The molecule has 0 spiro atoms. The molecular formula is C22H22Cl3NO6. The van der Waals surface area contributed by atoms with Gasteiger partial charge in [-0.3, -0.25) is 0 Å². The summed E-state index contributed by atoms with van der Waals surface area (Å²) in [4.78, 5) is 14.5. The van der Waals surface area contributed by atoms with Gasteiger partial charge in [-0.15, -0.1) is 0 Å². The van der Waals surface area contributed by atoms with Crippen LogP contribution in [0, 0.1) is 0 Å². The van der Waals surface area contributed by atoms with Crippen molar-refractivity contribution in [3.05, 3.63) is 46.0 Å². The van der Waals surface area contributed by atoms with Crippen molar-refractivity contribution in [2.75, 3.05) is 27.4 Å². The quantitative estimate of drug-likeness (QED) is 0.593. The number of benzene rings is 2. The van der Waals surface area contributed by atoms with Crippen molar-refractivity contribution in [1.29, 1.82) is 0 Å². The number of phenols is 2. The fourth-order valence-corrected chi connectivity index (χ4v) is 4.68. The molecule has 0 saturated heterocycles. The van der Waals surface area contributed by atoms with E-state index in [0.29, 0.717) is 42.9 Å². The molecule has 2 aromatic carbocycles. The minimum absolute atomic E-state index is 0.000344. The SMILES string of the molecule is COc1cc2c(cc1O)CC1c3c(cc(OC)c(O)c3C2)CCN1C(=O)OCC(Cl)(Cl)Cl. The van der Waals surface area contributed by atoms with Crippen LogP contribution in [0.3, 0.4) is 0 Å². The average molecular weight is 503 g/mol. The summed E-state index contributed by atoms with van der Waals surface area (Å²) in [6.45, 7) is -0.0108. The molecule has 0 aromatic heterocycles. The van der Waals surface area contributed by atoms with Crippen molar-refractivity contribution in [1.82, 2.24) is 4.90 Å². The van der Waals surface area contributed by atoms with Crippen LogP contribution in [0.1, 0.15) is 33.9 Å². The Bertz CT molecular complexity index is 1070. The summed E-state index contributed by atoms with van der Waals surface area (Å²) in [5.41, 5.74) is 4.18. The van der Waals surface area contributed by atoms with Gasteiger partial charge in [0.15, 0.2) is 23.0 Å². The molecule has 1 aliphatic heterocycles. The number of fused-ring (bicyclic) bond motifs is 1. The van der Waals surface area contributed by atoms with E-state index in [2.05, 4.69) is 0 Å². The van der Waals surface area contributed by atoms with Gasteiger partial charge in [0, 0.05) is 18.5 Å². The third-order valence-electron chi connectivity index (χ3n) is 5.92. The van der Waals surface area contributed by atoms with Crippen LogP contribution < -0.4 is 9.47 Å². The number of aromatic hydroxyl groups is 2. The number of carbonyl (C=O) groups is 1. The van der Waals surface area contributed by atoms with E-state index < -0.39 is 15.9 Å². The third kappa shape index (κ3) is 4.21. The van der Waals surface area contributed by atoms with Crippen LogP contribution >= 0.6 is 34.8 Å². The molecule has 1 unspecified atom stereocenters. The number of carbonyl (C=O) groups excluding carboxylic acids is 1. The molecule has 4 rings (SSSR count). The molecule has 172 valence electrons. The monoisotopic (exact) mass is 501 g/mol. The predicted molar refractivity (Wildman–Crippen MR) is 121 cm³/mol. The Balaban J connectivity index is 1.83. The zero-order valence-corrected chi connectivity index (χ0v) is 19.7. The number of halogens is 3. The molecule has 1 atom stereocenters. The number of hydrogen-bond donors (Lipinski definition) is 2. The van der Waals surface area contributed by atoms with Crippen molar-refractivity contribution < 1.29 is 29.2 Å². The van der Waals surface area contributed by atoms with Gasteiger partial charge in [-0.25, -0.2) is 4.79 Å². The summed E-state index contributed by atoms with van der Waals surface area (Å²) < 4.78 is 14.2. The number of rotatable bonds is 3. The molecule has 2 aromatic rings. The lowest BCUT2D eigenvalue weighted by Gasteiger charge is -2.37. The lowest BCUT2D eigenvalue weighted by Crippen LogP contribution is -2.42. The first-order valence-corrected chi connectivity index (χ1v) is 11.1. The van der Waals surface area contributed by atoms with Gasteiger partial charge >= 0.3 is 6.09 Å². The average Bonchev–Trinajstić information content (AvgIpc) is 2.90. The summed E-state index contributed by atoms with van der Waals surface area (Å²) >= 11 is 17.2. The third-order valence-corrected chi connectivity index (χ3v) is 6.25. The van der Waals surface area contributed by atoms with E-state index in [1.54, 1.807) is 23.1 Å². The molecule has 10 heteroatoms. The summed E-state index contributed by atoms with van der Waals surface area (Å²) in [5.74, 6) is 0.729. The molecule has 1 heterocycles. The number of phenolic OH excluding ortho intramolecular Hbond substituents is 2. The van der Waals surface area contributed by atoms with Gasteiger partial charge in [0.2, 0.25) is 3.79 Å². The molecule has 1 amide bonds. The first-order valence-electron chi connectivity index (χ1n) is 9.93. The van der Waals surface area contributed by atoms with E-state index in [4.69, 9.17) is 49.0 Å². The maximum Gasteiger partial charge on any atom is 0.410 e. The van der Waals surface area contributed by atoms with Crippen molar-refractivity contribution in [2.24, 2.45) is 0 Å². The molecule has 2 aliphatic rings. The van der Waals surface area contributed by atoms with Gasteiger partial charge in [0.05, 0.1) is 20.3 Å². The molecule has 0 fully saturated rings. The summed E-state index contributed by atoms with van der Waals surface area (Å²) in [6, 6.07) is 4.74. The fourth-order valence-electron chi connectivity index (χ4n) is 4.51. The second kappa shape index (κ2) is 8.61. The van der Waals surface area contributed by atoms with E-state index >= 15 is 0 Å². The van der Waals surface area contributed by atoms with Gasteiger partial charge in [0.1, 0.15) is 6.61 Å². The number of amides is 1. The topological polar surface area (TPSA) is 88.5 Å². The molecular weight excluding hydrogens is 481 g/mol. The number of ether oxygens (including phenoxy) is 3. The number of hydrogen-bond acceptors (Lipinski definition) is 6. The Morgan fingerprint density at radius 3 is 2.44 bits per heavy atom. The van der Waals surface area contributed by atoms with Crippen LogP contribution in [0.5, 0.6) is 23.0 Å². The summed E-state index contributed by atoms with van der Waals surface area (Å²) in [7, 11) is 2.98. The number of alkyl halides is 3. The van der Waals surface area contributed by atoms with Crippen LogP contribution in [0.2, 0.25) is 0 Å². The van der Waals surface area contributed by atoms with Gasteiger partial charge in [0.25, 0.3) is 0 Å². The molecule has 0 bridgehead atoms. The Kier molecular flexibility index (Phi) is 6.18. The Labute approximate surface area is 200 Å². The zero-order valence-electron chi connectivity index (χ0n) is 17.5. The van der Waals surface area contributed by atoms with Gasteiger partial charge < -0.3 is 29.3 Å². The highest BCUT2D eigenvalue weighted by molar-refractivity contribution is 6.67. The first-order chi connectivity index (χ1) is 15.1. The van der Waals surface area contributed by atoms with E-state index in [1.807, 2.05) is 0 Å². The Morgan fingerprint density at radius 2 is 1.78 bits per heavy atom. The Hall–Kier alpha value is -2.22. The van der Waals surface area contributed by atoms with Gasteiger partial charge in [-0.05, 0) is 53.3 Å². The second-order valence-corrected chi connectivity index (χ2v) is 10.3. The highest BCUT2D eigenvalue weighted by Crippen LogP contribution is 2.47. The van der Waals surface area contributed by atoms with Crippen molar-refractivity contribution in [3.63, 3.8) is 0 Å². The lowest BCUT2D eigenvalue weighted by molar-refractivity contribution is 0.0836. The smallest absolute Gasteiger partial charge is 0.410 e. The highest BCUT2D eigenvalue weighted by Gasteiger charge is 2.39. The van der Waals surface area contributed by atoms with Crippen LogP contribution in [0.15, 0.2) is 18.2 Å². The number of methoxy groups -OCH3 is 2. The Morgan fingerprint density at radius 1 is 1.09 bits per heavy atom. The van der Waals surface area contributed by atoms with Crippen LogP contribution in [0.4, 0.5) is 4.79 Å². The minimum Gasteiger partial charge on any atom is -0.504 e. The van der Waals surface area contributed by atoms with Gasteiger partial charge in [-0.1, -0.05) is 34.8 Å². The fraction of sp³-hybridized carbons (Fsp3) is 0.409. The van der Waals surface area contributed by atoms with E-state index in [0.717, 1.165) is 22.3 Å². The van der Waals surface area contributed by atoms with Crippen molar-refractivity contribution >= 4 is 40.9 Å². The van der Waals surface area contributed by atoms with Crippen molar-refractivity contribution in [2.45, 2.75) is 29.1 Å². The maximum atomic E-state index is 12.9. The molecule has 2 N–H and O–H groups in total. The number of nitrogens with zero attached hydrogens (tertiary/aromatic N) is 1. The first kappa shape index (κ1) is 23.0. The summed E-state index contributed by atoms with van der Waals surface area (Å²) in [6.07, 6.45) is 0.713. The minimum atomic E-state index is -1.72. The summed E-state index contributed by atoms with van der Waals surface area (Å²) in [5, 5.41) is 21.3. The largest absolute Gasteiger partial charge is 0.504 e. The molecule has 0 radical (unpaired) electrons. The van der Waals surface area contributed by atoms with Crippen molar-refractivity contribution in [3.8, 4) is 23.0 Å². The van der Waals surface area contributed by atoms with E-state index in [9.17, 15) is 15.0 Å². The van der Waals surface area contributed by atoms with E-state index in [-0.39, 0.29) is 18.1 Å².